The summed E-state index contributed by atoms with van der Waals surface area (Å²) in [4.78, 5) is 13.9. The van der Waals surface area contributed by atoms with E-state index in [1.807, 2.05) is 20.8 Å². The van der Waals surface area contributed by atoms with Gasteiger partial charge in [-0.3, -0.25) is 0 Å². The zero-order valence-corrected chi connectivity index (χ0v) is 12.4. The Bertz CT molecular complexity index is 318. The van der Waals surface area contributed by atoms with Crippen LogP contribution in [-0.4, -0.2) is 40.4 Å². The predicted octanol–water partition coefficient (Wildman–Crippen LogP) is 2.94. The summed E-state index contributed by atoms with van der Waals surface area (Å²) in [7, 11) is 0. The Morgan fingerprint density at radius 3 is 2.42 bits per heavy atom. The molecule has 1 saturated carbocycles. The fourth-order valence-corrected chi connectivity index (χ4v) is 3.31. The molecule has 110 valence electrons. The number of ether oxygens (including phenoxy) is 1. The van der Waals surface area contributed by atoms with E-state index in [-0.39, 0.29) is 18.2 Å². The van der Waals surface area contributed by atoms with Crippen molar-refractivity contribution in [1.82, 2.24) is 4.90 Å². The predicted molar refractivity (Wildman–Crippen MR) is 73.9 cm³/mol. The lowest BCUT2D eigenvalue weighted by Crippen LogP contribution is -2.47. The van der Waals surface area contributed by atoms with Gasteiger partial charge in [-0.25, -0.2) is 4.79 Å². The van der Waals surface area contributed by atoms with E-state index in [2.05, 4.69) is 0 Å². The zero-order valence-electron chi connectivity index (χ0n) is 12.4. The van der Waals surface area contributed by atoms with E-state index in [0.29, 0.717) is 12.5 Å². The molecule has 2 aliphatic rings. The molecule has 4 heteroatoms. The molecule has 1 aliphatic heterocycles. The van der Waals surface area contributed by atoms with Crippen molar-refractivity contribution in [3.63, 3.8) is 0 Å². The Hall–Kier alpha value is -0.770. The van der Waals surface area contributed by atoms with Crippen LogP contribution in [0.2, 0.25) is 0 Å². The molecule has 0 aromatic rings. The standard InChI is InChI=1S/C15H27NO3/c1-15(2,3)19-14(18)16-10-6-9-12(16)13(17)11-7-4-5-8-11/h11-13,17H,4-10H2,1-3H3/t12-,13?/m1/s1. The molecule has 1 heterocycles. The van der Waals surface area contributed by atoms with Crippen LogP contribution in [0, 0.1) is 5.92 Å². The van der Waals surface area contributed by atoms with Gasteiger partial charge in [-0.15, -0.1) is 0 Å². The maximum Gasteiger partial charge on any atom is 0.410 e. The first kappa shape index (κ1) is 14.6. The van der Waals surface area contributed by atoms with Gasteiger partial charge in [0.2, 0.25) is 0 Å². The molecule has 19 heavy (non-hydrogen) atoms. The smallest absolute Gasteiger partial charge is 0.410 e. The normalized spacial score (nSPS) is 26.7. The summed E-state index contributed by atoms with van der Waals surface area (Å²) in [5.74, 6) is 0.369. The molecule has 0 radical (unpaired) electrons. The van der Waals surface area contributed by atoms with Crippen LogP contribution in [0.1, 0.15) is 59.3 Å². The maximum absolute atomic E-state index is 12.2. The highest BCUT2D eigenvalue weighted by molar-refractivity contribution is 5.69. The molecule has 2 rings (SSSR count). The van der Waals surface area contributed by atoms with Crippen LogP contribution in [0.25, 0.3) is 0 Å². The summed E-state index contributed by atoms with van der Waals surface area (Å²) < 4.78 is 5.44. The molecule has 1 unspecified atom stereocenters. The van der Waals surface area contributed by atoms with Crippen LogP contribution >= 0.6 is 0 Å². The number of hydrogen-bond acceptors (Lipinski definition) is 3. The number of rotatable bonds is 2. The van der Waals surface area contributed by atoms with Crippen LogP contribution in [0.5, 0.6) is 0 Å². The molecule has 2 fully saturated rings. The van der Waals surface area contributed by atoms with E-state index >= 15 is 0 Å². The third kappa shape index (κ3) is 3.62. The summed E-state index contributed by atoms with van der Waals surface area (Å²) in [6.07, 6.45) is 5.83. The summed E-state index contributed by atoms with van der Waals surface area (Å²) in [6.45, 7) is 6.35. The second-order valence-corrected chi connectivity index (χ2v) is 6.92. The van der Waals surface area contributed by atoms with Gasteiger partial charge in [-0.05, 0) is 52.4 Å². The number of aliphatic hydroxyl groups excluding tert-OH is 1. The van der Waals surface area contributed by atoms with E-state index in [4.69, 9.17) is 4.74 Å². The number of likely N-dealkylation sites (tertiary alicyclic amines) is 1. The maximum atomic E-state index is 12.2. The third-order valence-electron chi connectivity index (χ3n) is 4.20. The van der Waals surface area contributed by atoms with Crippen LogP contribution in [0.4, 0.5) is 4.79 Å². The van der Waals surface area contributed by atoms with Gasteiger partial charge >= 0.3 is 6.09 Å². The quantitative estimate of drug-likeness (QED) is 0.838. The third-order valence-corrected chi connectivity index (χ3v) is 4.20. The van der Waals surface area contributed by atoms with Crippen molar-refractivity contribution in [2.45, 2.75) is 77.0 Å². The summed E-state index contributed by atoms with van der Waals surface area (Å²) in [6, 6.07) is -0.0436. The first-order valence-corrected chi connectivity index (χ1v) is 7.56. The molecular formula is C15H27NO3. The van der Waals surface area contributed by atoms with Crippen LogP contribution in [0.3, 0.4) is 0 Å². The minimum absolute atomic E-state index is 0.0436. The number of aliphatic hydroxyl groups is 1. The van der Waals surface area contributed by atoms with Gasteiger partial charge < -0.3 is 14.7 Å². The molecule has 0 aromatic heterocycles. The van der Waals surface area contributed by atoms with Crippen LogP contribution < -0.4 is 0 Å². The fourth-order valence-electron chi connectivity index (χ4n) is 3.31. The van der Waals surface area contributed by atoms with Crippen molar-refractivity contribution in [3.05, 3.63) is 0 Å². The van der Waals surface area contributed by atoms with E-state index in [0.717, 1.165) is 25.7 Å². The molecule has 4 nitrogen and oxygen atoms in total. The summed E-state index contributed by atoms with van der Waals surface area (Å²) in [5.41, 5.74) is -0.470. The molecule has 0 bridgehead atoms. The second-order valence-electron chi connectivity index (χ2n) is 6.92. The van der Waals surface area contributed by atoms with E-state index in [1.165, 1.54) is 12.8 Å². The molecule has 1 amide bonds. The topological polar surface area (TPSA) is 49.8 Å². The van der Waals surface area contributed by atoms with E-state index in [9.17, 15) is 9.90 Å². The highest BCUT2D eigenvalue weighted by Gasteiger charge is 2.39. The Labute approximate surface area is 116 Å². The van der Waals surface area contributed by atoms with Crippen LogP contribution in [-0.2, 0) is 4.74 Å². The Kier molecular flexibility index (Phi) is 4.39. The Balaban J connectivity index is 1.97. The van der Waals surface area contributed by atoms with Gasteiger partial charge in [0.25, 0.3) is 0 Å². The number of amides is 1. The van der Waals surface area contributed by atoms with E-state index in [1.54, 1.807) is 4.90 Å². The number of carbonyl (C=O) groups excluding carboxylic acids is 1. The molecule has 1 aliphatic carbocycles. The van der Waals surface area contributed by atoms with Crippen molar-refractivity contribution in [3.8, 4) is 0 Å². The molecule has 2 atom stereocenters. The molecule has 1 N–H and O–H groups in total. The van der Waals surface area contributed by atoms with Gasteiger partial charge in [0, 0.05) is 6.54 Å². The molecule has 0 spiro atoms. The molecular weight excluding hydrogens is 242 g/mol. The molecule has 0 aromatic carbocycles. The number of nitrogens with zero attached hydrogens (tertiary/aromatic N) is 1. The monoisotopic (exact) mass is 269 g/mol. The lowest BCUT2D eigenvalue weighted by molar-refractivity contribution is -0.00686. The Morgan fingerprint density at radius 2 is 1.84 bits per heavy atom. The summed E-state index contributed by atoms with van der Waals surface area (Å²) >= 11 is 0. The van der Waals surface area contributed by atoms with Gasteiger partial charge in [0.05, 0.1) is 12.1 Å². The minimum Gasteiger partial charge on any atom is -0.444 e. The zero-order chi connectivity index (χ0) is 14.0. The van der Waals surface area contributed by atoms with Crippen molar-refractivity contribution in [2.24, 2.45) is 5.92 Å². The largest absolute Gasteiger partial charge is 0.444 e. The lowest BCUT2D eigenvalue weighted by atomic mass is 9.93. The first-order valence-electron chi connectivity index (χ1n) is 7.56. The highest BCUT2D eigenvalue weighted by Crippen LogP contribution is 2.34. The fraction of sp³-hybridized carbons (Fsp3) is 0.933. The minimum atomic E-state index is -0.470. The van der Waals surface area contributed by atoms with Gasteiger partial charge in [-0.1, -0.05) is 12.8 Å². The van der Waals surface area contributed by atoms with Gasteiger partial charge in [0.1, 0.15) is 5.60 Å². The number of hydrogen-bond donors (Lipinski definition) is 1. The SMILES string of the molecule is CC(C)(C)OC(=O)N1CCC[C@@H]1C(O)C1CCCC1. The van der Waals surface area contributed by atoms with Crippen molar-refractivity contribution in [1.29, 1.82) is 0 Å². The van der Waals surface area contributed by atoms with Crippen LogP contribution in [0.15, 0.2) is 0 Å². The first-order chi connectivity index (χ1) is 8.88. The van der Waals surface area contributed by atoms with Gasteiger partial charge in [-0.2, -0.15) is 0 Å². The highest BCUT2D eigenvalue weighted by atomic mass is 16.6. The lowest BCUT2D eigenvalue weighted by Gasteiger charge is -2.33. The van der Waals surface area contributed by atoms with Gasteiger partial charge in [0.15, 0.2) is 0 Å². The Morgan fingerprint density at radius 1 is 1.21 bits per heavy atom. The average molecular weight is 269 g/mol. The second kappa shape index (κ2) is 5.70. The van der Waals surface area contributed by atoms with Crippen molar-refractivity contribution in [2.75, 3.05) is 6.54 Å². The number of carbonyl (C=O) groups is 1. The van der Waals surface area contributed by atoms with E-state index < -0.39 is 5.60 Å². The van der Waals surface area contributed by atoms with Crippen molar-refractivity contribution >= 4 is 6.09 Å². The summed E-state index contributed by atoms with van der Waals surface area (Å²) in [5, 5.41) is 10.5. The average Bonchev–Trinajstić information content (AvgIpc) is 2.97. The molecule has 1 saturated heterocycles. The van der Waals surface area contributed by atoms with Crippen molar-refractivity contribution < 1.29 is 14.6 Å².